The van der Waals surface area contributed by atoms with E-state index in [1.165, 1.54) is 18.2 Å². The van der Waals surface area contributed by atoms with Crippen LogP contribution in [0.4, 0.5) is 14.5 Å². The van der Waals surface area contributed by atoms with Crippen LogP contribution in [0.2, 0.25) is 0 Å². The van der Waals surface area contributed by atoms with E-state index in [2.05, 4.69) is 25.6 Å². The van der Waals surface area contributed by atoms with Crippen molar-refractivity contribution in [1.29, 1.82) is 0 Å². The van der Waals surface area contributed by atoms with Crippen LogP contribution in [0, 0.1) is 17.0 Å². The number of benzene rings is 1. The maximum absolute atomic E-state index is 14.2. The Bertz CT molecular complexity index is 730. The van der Waals surface area contributed by atoms with E-state index in [1.807, 2.05) is 0 Å². The number of hydrogen-bond donors (Lipinski definition) is 0. The molecule has 1 heterocycles. The second kappa shape index (κ2) is 5.32. The summed E-state index contributed by atoms with van der Waals surface area (Å²) in [5, 5.41) is 14.0. The number of hydrogen-bond acceptors (Lipinski definition) is 5. The average Bonchev–Trinajstić information content (AvgIpc) is 2.80. The van der Waals surface area contributed by atoms with Crippen molar-refractivity contribution in [3.8, 4) is 0 Å². The molecule has 2 aromatic rings. The highest BCUT2D eigenvalue weighted by atomic mass is 79.9. The van der Waals surface area contributed by atoms with Gasteiger partial charge in [0.2, 0.25) is 5.78 Å². The zero-order valence-corrected chi connectivity index (χ0v) is 12.1. The first-order valence-electron chi connectivity index (χ1n) is 5.54. The van der Waals surface area contributed by atoms with E-state index in [4.69, 9.17) is 0 Å². The molecular weight excluding hydrogens is 354 g/mol. The highest BCUT2D eigenvalue weighted by Gasteiger charge is 2.51. The van der Waals surface area contributed by atoms with Crippen molar-refractivity contribution < 1.29 is 23.0 Å². The minimum atomic E-state index is -4.19. The smallest absolute Gasteiger partial charge is 0.346 e. The van der Waals surface area contributed by atoms with Gasteiger partial charge in [-0.25, -0.2) is 0 Å². The van der Waals surface area contributed by atoms with Crippen LogP contribution < -0.4 is 0 Å². The molecule has 0 N–H and O–H groups in total. The number of alkyl halides is 2. The van der Waals surface area contributed by atoms with E-state index in [0.29, 0.717) is 4.47 Å². The van der Waals surface area contributed by atoms with Gasteiger partial charge in [-0.2, -0.15) is 8.78 Å². The van der Waals surface area contributed by atoms with Crippen molar-refractivity contribution >= 4 is 27.4 Å². The fourth-order valence-corrected chi connectivity index (χ4v) is 2.10. The van der Waals surface area contributed by atoms with Gasteiger partial charge in [-0.15, -0.1) is 0 Å². The number of ketones is 1. The molecule has 2 rings (SSSR count). The molecule has 0 amide bonds. The van der Waals surface area contributed by atoms with Gasteiger partial charge in [0.1, 0.15) is 0 Å². The lowest BCUT2D eigenvalue weighted by molar-refractivity contribution is -0.387. The minimum Gasteiger partial charge on any atom is -0.346 e. The maximum atomic E-state index is 14.2. The van der Waals surface area contributed by atoms with Crippen LogP contribution in [0.3, 0.4) is 0 Å². The Hall–Kier alpha value is -2.16. The summed E-state index contributed by atoms with van der Waals surface area (Å²) in [5.74, 6) is -7.16. The molecule has 1 aromatic carbocycles. The number of nitrogens with zero attached hydrogens (tertiary/aromatic N) is 2. The first kappa shape index (κ1) is 15.2. The fraction of sp³-hybridized carbons (Fsp3) is 0.167. The van der Waals surface area contributed by atoms with E-state index in [0.717, 1.165) is 6.92 Å². The number of aryl methyl sites for hydroxylation is 1. The normalized spacial score (nSPS) is 11.4. The molecule has 0 aliphatic heterocycles. The molecule has 9 heteroatoms. The zero-order chi connectivity index (χ0) is 15.8. The third-order valence-electron chi connectivity index (χ3n) is 2.67. The lowest BCUT2D eigenvalue weighted by Gasteiger charge is -2.11. The Morgan fingerprint density at radius 1 is 1.48 bits per heavy atom. The Kier molecular flexibility index (Phi) is 3.86. The van der Waals surface area contributed by atoms with Gasteiger partial charge < -0.3 is 4.52 Å². The number of aromatic nitrogens is 1. The fourth-order valence-electron chi connectivity index (χ4n) is 1.70. The summed E-state index contributed by atoms with van der Waals surface area (Å²) in [5.41, 5.74) is -1.63. The number of Topliss-reactive ketones (excluding diaryl/α,β-unsaturated/α-hetero) is 1. The standard InChI is InChI=1S/C12H7BrF2N2O4/c1-6-9(17(19)20)11(21-16-6)12(14,15)10(18)7-3-2-4-8(13)5-7/h2-5H,1H3. The molecule has 110 valence electrons. The van der Waals surface area contributed by atoms with Gasteiger partial charge >= 0.3 is 11.6 Å². The van der Waals surface area contributed by atoms with E-state index < -0.39 is 28.1 Å². The van der Waals surface area contributed by atoms with E-state index >= 15 is 0 Å². The first-order chi connectivity index (χ1) is 9.75. The van der Waals surface area contributed by atoms with Gasteiger partial charge in [-0.3, -0.25) is 14.9 Å². The predicted octanol–water partition coefficient (Wildman–Crippen LogP) is 3.63. The zero-order valence-electron chi connectivity index (χ0n) is 10.5. The van der Waals surface area contributed by atoms with Gasteiger partial charge in [0.05, 0.1) is 4.92 Å². The number of carbonyl (C=O) groups excluding carboxylic acids is 1. The highest BCUT2D eigenvalue weighted by Crippen LogP contribution is 2.39. The largest absolute Gasteiger partial charge is 0.375 e. The summed E-state index contributed by atoms with van der Waals surface area (Å²) in [4.78, 5) is 21.7. The molecule has 21 heavy (non-hydrogen) atoms. The molecule has 0 fully saturated rings. The molecular formula is C12H7BrF2N2O4. The van der Waals surface area contributed by atoms with E-state index in [-0.39, 0.29) is 11.3 Å². The number of nitro groups is 1. The molecule has 0 atom stereocenters. The number of rotatable bonds is 4. The minimum absolute atomic E-state index is 0.308. The van der Waals surface area contributed by atoms with E-state index in [9.17, 15) is 23.7 Å². The van der Waals surface area contributed by atoms with Crippen molar-refractivity contribution in [2.75, 3.05) is 0 Å². The Labute approximate surface area is 125 Å². The quantitative estimate of drug-likeness (QED) is 0.472. The summed E-state index contributed by atoms with van der Waals surface area (Å²) in [6, 6.07) is 5.31. The molecule has 0 spiro atoms. The van der Waals surface area contributed by atoms with Crippen LogP contribution in [0.15, 0.2) is 33.3 Å². The molecule has 0 radical (unpaired) electrons. The van der Waals surface area contributed by atoms with E-state index in [1.54, 1.807) is 6.07 Å². The van der Waals surface area contributed by atoms with Gasteiger partial charge in [0, 0.05) is 10.0 Å². The lowest BCUT2D eigenvalue weighted by Crippen LogP contribution is -2.26. The molecule has 0 saturated carbocycles. The second-order valence-electron chi connectivity index (χ2n) is 4.12. The van der Waals surface area contributed by atoms with Gasteiger partial charge in [0.15, 0.2) is 5.69 Å². The van der Waals surface area contributed by atoms with Crippen LogP contribution in [-0.2, 0) is 5.92 Å². The molecule has 0 unspecified atom stereocenters. The SMILES string of the molecule is Cc1noc(C(F)(F)C(=O)c2cccc(Br)c2)c1[N+](=O)[O-]. The molecule has 0 aliphatic carbocycles. The molecule has 1 aromatic heterocycles. The van der Waals surface area contributed by atoms with Crippen molar-refractivity contribution in [1.82, 2.24) is 5.16 Å². The van der Waals surface area contributed by atoms with Crippen LogP contribution in [-0.4, -0.2) is 15.9 Å². The van der Waals surface area contributed by atoms with Crippen LogP contribution in [0.5, 0.6) is 0 Å². The second-order valence-corrected chi connectivity index (χ2v) is 5.03. The third-order valence-corrected chi connectivity index (χ3v) is 3.16. The topological polar surface area (TPSA) is 86.2 Å². The van der Waals surface area contributed by atoms with Crippen molar-refractivity contribution in [2.45, 2.75) is 12.8 Å². The summed E-state index contributed by atoms with van der Waals surface area (Å²) >= 11 is 3.05. The summed E-state index contributed by atoms with van der Waals surface area (Å²) < 4.78 is 33.1. The maximum Gasteiger partial charge on any atom is 0.375 e. The average molecular weight is 361 g/mol. The Balaban J connectivity index is 2.52. The van der Waals surface area contributed by atoms with Gasteiger partial charge in [-0.05, 0) is 19.1 Å². The molecule has 6 nitrogen and oxygen atoms in total. The predicted molar refractivity (Wildman–Crippen MR) is 70.3 cm³/mol. The van der Waals surface area contributed by atoms with Crippen LogP contribution >= 0.6 is 15.9 Å². The summed E-state index contributed by atoms with van der Waals surface area (Å²) in [7, 11) is 0. The van der Waals surface area contributed by atoms with Gasteiger partial charge in [-0.1, -0.05) is 33.2 Å². The third kappa shape index (κ3) is 2.68. The monoisotopic (exact) mass is 360 g/mol. The number of halogens is 3. The van der Waals surface area contributed by atoms with Crippen molar-refractivity contribution in [3.05, 3.63) is 55.9 Å². The molecule has 0 saturated heterocycles. The molecule has 0 bridgehead atoms. The lowest BCUT2D eigenvalue weighted by atomic mass is 10.0. The Morgan fingerprint density at radius 2 is 2.14 bits per heavy atom. The van der Waals surface area contributed by atoms with Crippen LogP contribution in [0.1, 0.15) is 21.8 Å². The van der Waals surface area contributed by atoms with Crippen molar-refractivity contribution in [3.63, 3.8) is 0 Å². The first-order valence-corrected chi connectivity index (χ1v) is 6.33. The molecule has 0 aliphatic rings. The summed E-state index contributed by atoms with van der Waals surface area (Å²) in [6.07, 6.45) is 0. The van der Waals surface area contributed by atoms with Crippen molar-refractivity contribution in [2.24, 2.45) is 0 Å². The van der Waals surface area contributed by atoms with Crippen LogP contribution in [0.25, 0.3) is 0 Å². The van der Waals surface area contributed by atoms with Gasteiger partial charge in [0.25, 0.3) is 5.76 Å². The number of carbonyl (C=O) groups is 1. The Morgan fingerprint density at radius 3 is 2.71 bits per heavy atom. The summed E-state index contributed by atoms with van der Waals surface area (Å²) in [6.45, 7) is 1.14. The highest BCUT2D eigenvalue weighted by molar-refractivity contribution is 9.10.